The van der Waals surface area contributed by atoms with Gasteiger partial charge >= 0.3 is 0 Å². The fourth-order valence-corrected chi connectivity index (χ4v) is 1.55. The van der Waals surface area contributed by atoms with Gasteiger partial charge in [0.05, 0.1) is 26.9 Å². The second kappa shape index (κ2) is 6.94. The number of halogens is 1. The lowest BCUT2D eigenvalue weighted by atomic mass is 10.1. The van der Waals surface area contributed by atoms with Crippen LogP contribution in [0, 0.1) is 0 Å². The second-order valence-corrected chi connectivity index (χ2v) is 4.76. The summed E-state index contributed by atoms with van der Waals surface area (Å²) in [5, 5.41) is 11.3. The molecule has 1 aromatic rings. The van der Waals surface area contributed by atoms with Gasteiger partial charge < -0.3 is 9.84 Å². The lowest BCUT2D eigenvalue weighted by Gasteiger charge is -2.28. The van der Waals surface area contributed by atoms with Crippen LogP contribution in [-0.4, -0.2) is 34.3 Å². The van der Waals surface area contributed by atoms with Gasteiger partial charge in [0, 0.05) is 13.1 Å². The summed E-state index contributed by atoms with van der Waals surface area (Å²) in [4.78, 5) is 3.49. The first-order chi connectivity index (χ1) is 7.88. The normalized spacial score (nSPS) is 11.9. The molecule has 0 radical (unpaired) electrons. The molecule has 0 bridgehead atoms. The number of aliphatic imine (C=N–C) groups is 1. The maximum absolute atomic E-state index is 11.3. The zero-order chi connectivity index (χ0) is 13.1. The summed E-state index contributed by atoms with van der Waals surface area (Å²) in [6.45, 7) is 2.07. The predicted molar refractivity (Wildman–Crippen MR) is 84.8 cm³/mol. The molecular formula is C13H21IN2O2. The summed E-state index contributed by atoms with van der Waals surface area (Å²) >= 11 is 0. The van der Waals surface area contributed by atoms with E-state index in [1.807, 2.05) is 33.3 Å². The van der Waals surface area contributed by atoms with E-state index in [1.165, 1.54) is 7.05 Å². The molecule has 0 N–H and O–H groups in total. The highest BCUT2D eigenvalue weighted by Crippen LogP contribution is 2.31. The molecule has 0 aliphatic rings. The van der Waals surface area contributed by atoms with Gasteiger partial charge in [-0.3, -0.25) is 9.48 Å². The van der Waals surface area contributed by atoms with Gasteiger partial charge in [-0.05, 0) is 18.1 Å². The van der Waals surface area contributed by atoms with Crippen molar-refractivity contribution in [3.05, 3.63) is 23.8 Å². The van der Waals surface area contributed by atoms with Gasteiger partial charge in [0.15, 0.2) is 0 Å². The van der Waals surface area contributed by atoms with Crippen LogP contribution in [0.2, 0.25) is 0 Å². The average molecular weight is 364 g/mol. The van der Waals surface area contributed by atoms with Crippen LogP contribution < -0.4 is 14.3 Å². The maximum Gasteiger partial charge on any atom is 0.150 e. The molecule has 0 heterocycles. The third-order valence-electron chi connectivity index (χ3n) is 2.54. The van der Waals surface area contributed by atoms with Gasteiger partial charge in [-0.25, -0.2) is 0 Å². The lowest BCUT2D eigenvalue weighted by Crippen LogP contribution is -2.36. The molecule has 102 valence electrons. The van der Waals surface area contributed by atoms with Gasteiger partial charge in [0.1, 0.15) is 11.8 Å². The molecule has 0 amide bonds. The molecule has 0 saturated carbocycles. The molecule has 5 heteroatoms. The quantitative estimate of drug-likeness (QED) is 0.355. The standard InChI is InChI=1S/C13H20N2O2.HI/c1-6-10-7-8-11(15(3,4)5)12(9-10)17-13(16)14-2;/h7-9H,6H2,1-5H3;1H. The van der Waals surface area contributed by atoms with E-state index >= 15 is 0 Å². The van der Waals surface area contributed by atoms with Crippen molar-refractivity contribution in [3.8, 4) is 5.75 Å². The molecule has 0 saturated heterocycles. The van der Waals surface area contributed by atoms with Gasteiger partial charge in [-0.2, -0.15) is 0 Å². The number of quaternary nitrogens is 1. The molecule has 0 aliphatic carbocycles. The van der Waals surface area contributed by atoms with Crippen LogP contribution in [0.25, 0.3) is 0 Å². The highest BCUT2D eigenvalue weighted by Gasteiger charge is 2.16. The third-order valence-corrected chi connectivity index (χ3v) is 2.54. The molecule has 1 aromatic carbocycles. The molecule has 0 fully saturated rings. The fraction of sp³-hybridized carbons (Fsp3) is 0.462. The Morgan fingerprint density at radius 3 is 2.39 bits per heavy atom. The van der Waals surface area contributed by atoms with Crippen LogP contribution in [0.3, 0.4) is 0 Å². The lowest BCUT2D eigenvalue weighted by molar-refractivity contribution is -0.240. The monoisotopic (exact) mass is 364 g/mol. The number of aryl methyl sites for hydroxylation is 1. The summed E-state index contributed by atoms with van der Waals surface area (Å²) in [6.07, 6.45) is 0.346. The van der Waals surface area contributed by atoms with Crippen LogP contribution in [-0.2, 0) is 6.42 Å². The predicted octanol–water partition coefficient (Wildman–Crippen LogP) is 1.79. The van der Waals surface area contributed by atoms with Crippen molar-refractivity contribution < 1.29 is 9.84 Å². The van der Waals surface area contributed by atoms with E-state index in [0.717, 1.165) is 17.7 Å². The molecule has 1 rings (SSSR count). The zero-order valence-corrected chi connectivity index (χ0v) is 13.9. The second-order valence-electron chi connectivity index (χ2n) is 4.76. The van der Waals surface area contributed by atoms with Crippen molar-refractivity contribution >= 4 is 35.7 Å². The first-order valence-corrected chi connectivity index (χ1v) is 5.65. The van der Waals surface area contributed by atoms with E-state index in [2.05, 4.69) is 18.0 Å². The minimum atomic E-state index is -0.562. The first kappa shape index (κ1) is 17.2. The summed E-state index contributed by atoms with van der Waals surface area (Å²) in [5.74, 6) is 0.590. The van der Waals surface area contributed by atoms with Crippen molar-refractivity contribution in [2.24, 2.45) is 4.99 Å². The Hall–Kier alpha value is -0.820. The number of hydrogen-bond acceptors (Lipinski definition) is 3. The smallest absolute Gasteiger partial charge is 0.150 e. The minimum Gasteiger partial charge on any atom is -0.561 e. The van der Waals surface area contributed by atoms with Crippen LogP contribution >= 0.6 is 24.0 Å². The highest BCUT2D eigenvalue weighted by atomic mass is 127. The van der Waals surface area contributed by atoms with Gasteiger partial charge in [-0.15, -0.1) is 24.0 Å². The summed E-state index contributed by atoms with van der Waals surface area (Å²) in [7, 11) is 7.52. The van der Waals surface area contributed by atoms with Crippen molar-refractivity contribution in [3.63, 3.8) is 0 Å². The van der Waals surface area contributed by atoms with Gasteiger partial charge in [-0.1, -0.05) is 13.0 Å². The summed E-state index contributed by atoms with van der Waals surface area (Å²) in [5.41, 5.74) is 2.10. The molecule has 0 spiro atoms. The topological polar surface area (TPSA) is 44.6 Å². The Labute approximate surface area is 126 Å². The average Bonchev–Trinajstić information content (AvgIpc) is 2.27. The molecule has 0 atom stereocenters. The van der Waals surface area contributed by atoms with Crippen LogP contribution in [0.5, 0.6) is 5.75 Å². The van der Waals surface area contributed by atoms with E-state index in [4.69, 9.17) is 4.74 Å². The highest BCUT2D eigenvalue weighted by molar-refractivity contribution is 14.0. The zero-order valence-electron chi connectivity index (χ0n) is 11.6. The molecule has 4 nitrogen and oxygen atoms in total. The molecular weight excluding hydrogens is 343 g/mol. The van der Waals surface area contributed by atoms with Crippen molar-refractivity contribution in [2.75, 3.05) is 28.2 Å². The Bertz CT molecular complexity index is 425. The Morgan fingerprint density at radius 2 is 1.94 bits per heavy atom. The van der Waals surface area contributed by atoms with Crippen LogP contribution in [0.4, 0.5) is 5.69 Å². The van der Waals surface area contributed by atoms with E-state index in [-0.39, 0.29) is 24.0 Å². The van der Waals surface area contributed by atoms with Crippen molar-refractivity contribution in [1.82, 2.24) is 4.48 Å². The van der Waals surface area contributed by atoms with Crippen molar-refractivity contribution in [1.29, 1.82) is 0 Å². The third kappa shape index (κ3) is 4.45. The van der Waals surface area contributed by atoms with Crippen LogP contribution in [0.1, 0.15) is 12.5 Å². The summed E-state index contributed by atoms with van der Waals surface area (Å²) in [6, 6.07) is 5.96. The number of nitrogens with zero attached hydrogens (tertiary/aromatic N) is 2. The van der Waals surface area contributed by atoms with E-state index in [0.29, 0.717) is 10.2 Å². The largest absolute Gasteiger partial charge is 0.561 e. The summed E-state index contributed by atoms with van der Waals surface area (Å²) < 4.78 is 5.84. The van der Waals surface area contributed by atoms with Gasteiger partial charge in [0.2, 0.25) is 0 Å². The molecule has 0 aliphatic heterocycles. The fourth-order valence-electron chi connectivity index (χ4n) is 1.55. The van der Waals surface area contributed by atoms with Gasteiger partial charge in [0.25, 0.3) is 0 Å². The molecule has 18 heavy (non-hydrogen) atoms. The molecule has 0 unspecified atom stereocenters. The maximum atomic E-state index is 11.3. The number of hydrogen-bond donors (Lipinski definition) is 0. The Balaban J connectivity index is 0.00000289. The number of ether oxygens (including phenoxy) is 1. The van der Waals surface area contributed by atoms with E-state index < -0.39 is 6.08 Å². The SMILES string of the molecule is CCc1ccc([N+](C)(C)C)c(OC([O-])=NC)c1.I. The minimum absolute atomic E-state index is 0. The van der Waals surface area contributed by atoms with Crippen molar-refractivity contribution in [2.45, 2.75) is 13.3 Å². The Kier molecular flexibility index (Phi) is 6.62. The van der Waals surface area contributed by atoms with Crippen LogP contribution in [0.15, 0.2) is 23.2 Å². The van der Waals surface area contributed by atoms with E-state index in [9.17, 15) is 5.11 Å². The number of rotatable bonds is 3. The number of benzene rings is 1. The first-order valence-electron chi connectivity index (χ1n) is 5.65. The molecule has 0 aromatic heterocycles. The Morgan fingerprint density at radius 1 is 1.33 bits per heavy atom. The van der Waals surface area contributed by atoms with E-state index in [1.54, 1.807) is 0 Å².